The minimum atomic E-state index is -0.0297. The summed E-state index contributed by atoms with van der Waals surface area (Å²) in [7, 11) is 3.48. The third-order valence-corrected chi connectivity index (χ3v) is 2.68. The molecule has 0 unspecified atom stereocenters. The third kappa shape index (κ3) is 3.23. The molecule has 19 heavy (non-hydrogen) atoms. The van der Waals surface area contributed by atoms with Crippen LogP contribution in [0.5, 0.6) is 0 Å². The summed E-state index contributed by atoms with van der Waals surface area (Å²) in [6.45, 7) is 0. The van der Waals surface area contributed by atoms with Crippen molar-refractivity contribution in [2.24, 2.45) is 0 Å². The minimum absolute atomic E-state index is 0.0297. The first-order chi connectivity index (χ1) is 9.18. The number of carbonyl (C=O) groups excluding carboxylic acids is 1. The van der Waals surface area contributed by atoms with Gasteiger partial charge in [0.05, 0.1) is 5.56 Å². The van der Waals surface area contributed by atoms with Crippen molar-refractivity contribution in [2.45, 2.75) is 0 Å². The highest BCUT2D eigenvalue weighted by atomic mass is 16.2. The summed E-state index contributed by atoms with van der Waals surface area (Å²) >= 11 is 0. The largest absolute Gasteiger partial charge is 0.345 e. The van der Waals surface area contributed by atoms with E-state index in [1.54, 1.807) is 25.1 Å². The van der Waals surface area contributed by atoms with Crippen LogP contribution in [0.2, 0.25) is 0 Å². The summed E-state index contributed by atoms with van der Waals surface area (Å²) < 4.78 is 0. The molecule has 0 aliphatic rings. The second-order valence-corrected chi connectivity index (χ2v) is 4.36. The predicted molar refractivity (Wildman–Crippen MR) is 76.9 cm³/mol. The van der Waals surface area contributed by atoms with Crippen molar-refractivity contribution in [3.63, 3.8) is 0 Å². The van der Waals surface area contributed by atoms with Crippen molar-refractivity contribution in [1.82, 2.24) is 4.90 Å². The van der Waals surface area contributed by atoms with Crippen LogP contribution in [0.15, 0.2) is 54.6 Å². The quantitative estimate of drug-likeness (QED) is 0.712. The Morgan fingerprint density at radius 1 is 0.895 bits per heavy atom. The molecule has 0 bridgehead atoms. The average molecular weight is 249 g/mol. The fourth-order valence-electron chi connectivity index (χ4n) is 1.68. The lowest BCUT2D eigenvalue weighted by atomic mass is 10.1. The molecule has 0 N–H and O–H groups in total. The maximum absolute atomic E-state index is 12.0. The fraction of sp³-hybridized carbons (Fsp3) is 0.118. The van der Waals surface area contributed by atoms with E-state index in [1.165, 1.54) is 0 Å². The van der Waals surface area contributed by atoms with Crippen molar-refractivity contribution < 1.29 is 4.79 Å². The van der Waals surface area contributed by atoms with E-state index in [0.29, 0.717) is 5.56 Å². The molecule has 0 aliphatic carbocycles. The van der Waals surface area contributed by atoms with E-state index in [1.807, 2.05) is 48.5 Å². The van der Waals surface area contributed by atoms with Gasteiger partial charge in [-0.05, 0) is 24.3 Å². The molecule has 94 valence electrons. The number of nitrogens with zero attached hydrogens (tertiary/aromatic N) is 1. The first-order valence-electron chi connectivity index (χ1n) is 6.06. The number of benzene rings is 2. The lowest BCUT2D eigenvalue weighted by molar-refractivity contribution is 0.0827. The molecule has 1 amide bonds. The zero-order valence-corrected chi connectivity index (χ0v) is 11.1. The van der Waals surface area contributed by atoms with Gasteiger partial charge in [0.1, 0.15) is 0 Å². The van der Waals surface area contributed by atoms with Crippen LogP contribution in [0.1, 0.15) is 21.5 Å². The third-order valence-electron chi connectivity index (χ3n) is 2.68. The van der Waals surface area contributed by atoms with Gasteiger partial charge in [0.2, 0.25) is 0 Å². The molecular weight excluding hydrogens is 234 g/mol. The van der Waals surface area contributed by atoms with Gasteiger partial charge < -0.3 is 4.90 Å². The Hall–Kier alpha value is -2.53. The Morgan fingerprint density at radius 2 is 1.53 bits per heavy atom. The maximum Gasteiger partial charge on any atom is 0.254 e. The Balaban J connectivity index is 2.37. The lowest BCUT2D eigenvalue weighted by Crippen LogP contribution is -2.22. The first-order valence-corrected chi connectivity index (χ1v) is 6.06. The summed E-state index contributed by atoms with van der Waals surface area (Å²) in [4.78, 5) is 13.6. The molecule has 0 aliphatic heterocycles. The van der Waals surface area contributed by atoms with Gasteiger partial charge in [0, 0.05) is 25.2 Å². The minimum Gasteiger partial charge on any atom is -0.345 e. The molecule has 0 saturated heterocycles. The Morgan fingerprint density at radius 3 is 2.21 bits per heavy atom. The molecule has 2 nitrogen and oxygen atoms in total. The molecule has 0 atom stereocenters. The van der Waals surface area contributed by atoms with Crippen LogP contribution in [-0.4, -0.2) is 24.9 Å². The second-order valence-electron chi connectivity index (χ2n) is 4.36. The molecule has 2 aromatic rings. The van der Waals surface area contributed by atoms with Gasteiger partial charge in [-0.2, -0.15) is 0 Å². The Bertz CT molecular complexity index is 633. The van der Waals surface area contributed by atoms with E-state index in [4.69, 9.17) is 0 Å². The maximum atomic E-state index is 12.0. The molecule has 2 heteroatoms. The summed E-state index contributed by atoms with van der Waals surface area (Å²) in [6.07, 6.45) is 0. The van der Waals surface area contributed by atoms with Gasteiger partial charge >= 0.3 is 0 Å². The van der Waals surface area contributed by atoms with Crippen molar-refractivity contribution in [3.05, 3.63) is 71.3 Å². The van der Waals surface area contributed by atoms with Gasteiger partial charge in [-0.25, -0.2) is 0 Å². The van der Waals surface area contributed by atoms with E-state index in [-0.39, 0.29) is 5.91 Å². The average Bonchev–Trinajstić information content (AvgIpc) is 2.45. The number of amides is 1. The molecule has 0 fully saturated rings. The normalized spacial score (nSPS) is 9.37. The monoisotopic (exact) mass is 249 g/mol. The zero-order valence-electron chi connectivity index (χ0n) is 11.1. The summed E-state index contributed by atoms with van der Waals surface area (Å²) in [5.41, 5.74) is 2.33. The van der Waals surface area contributed by atoms with Crippen LogP contribution < -0.4 is 0 Å². The van der Waals surface area contributed by atoms with Gasteiger partial charge in [0.15, 0.2) is 0 Å². The molecule has 0 aromatic heterocycles. The molecule has 0 spiro atoms. The fourth-order valence-corrected chi connectivity index (χ4v) is 1.68. The smallest absolute Gasteiger partial charge is 0.254 e. The van der Waals surface area contributed by atoms with Gasteiger partial charge in [-0.3, -0.25) is 4.79 Å². The Labute approximate surface area is 113 Å². The molecule has 0 heterocycles. The molecule has 0 saturated carbocycles. The molecule has 2 rings (SSSR count). The molecule has 2 aromatic carbocycles. The van der Waals surface area contributed by atoms with E-state index >= 15 is 0 Å². The van der Waals surface area contributed by atoms with Crippen molar-refractivity contribution in [2.75, 3.05) is 14.1 Å². The van der Waals surface area contributed by atoms with Crippen LogP contribution in [0.3, 0.4) is 0 Å². The first kappa shape index (κ1) is 12.9. The molecule has 0 radical (unpaired) electrons. The number of hydrogen-bond donors (Lipinski definition) is 0. The molecular formula is C17H15NO. The number of carbonyl (C=O) groups is 1. The van der Waals surface area contributed by atoms with Gasteiger partial charge in [0.25, 0.3) is 5.91 Å². The zero-order chi connectivity index (χ0) is 13.7. The van der Waals surface area contributed by atoms with E-state index in [2.05, 4.69) is 11.8 Å². The van der Waals surface area contributed by atoms with Gasteiger partial charge in [-0.15, -0.1) is 0 Å². The van der Waals surface area contributed by atoms with E-state index < -0.39 is 0 Å². The van der Waals surface area contributed by atoms with Gasteiger partial charge in [-0.1, -0.05) is 42.2 Å². The summed E-state index contributed by atoms with van der Waals surface area (Å²) in [5.74, 6) is 6.11. The highest BCUT2D eigenvalue weighted by Gasteiger charge is 2.10. The number of hydrogen-bond acceptors (Lipinski definition) is 1. The topological polar surface area (TPSA) is 20.3 Å². The van der Waals surface area contributed by atoms with Crippen molar-refractivity contribution >= 4 is 5.91 Å². The predicted octanol–water partition coefficient (Wildman–Crippen LogP) is 2.79. The van der Waals surface area contributed by atoms with E-state index in [0.717, 1.165) is 11.1 Å². The SMILES string of the molecule is CN(C)C(=O)c1ccccc1C#Cc1ccccc1. The standard InChI is InChI=1S/C17H15NO/c1-18(2)17(19)16-11-7-6-10-15(16)13-12-14-8-4-3-5-9-14/h3-11H,1-2H3. The van der Waals surface area contributed by atoms with Crippen molar-refractivity contribution in [1.29, 1.82) is 0 Å². The van der Waals surface area contributed by atoms with Crippen LogP contribution in [-0.2, 0) is 0 Å². The van der Waals surface area contributed by atoms with Crippen LogP contribution in [0.4, 0.5) is 0 Å². The highest BCUT2D eigenvalue weighted by molar-refractivity contribution is 5.96. The highest BCUT2D eigenvalue weighted by Crippen LogP contribution is 2.09. The van der Waals surface area contributed by atoms with Crippen LogP contribution in [0.25, 0.3) is 0 Å². The van der Waals surface area contributed by atoms with Crippen LogP contribution >= 0.6 is 0 Å². The number of rotatable bonds is 1. The lowest BCUT2D eigenvalue weighted by Gasteiger charge is -2.11. The van der Waals surface area contributed by atoms with Crippen molar-refractivity contribution in [3.8, 4) is 11.8 Å². The Kier molecular flexibility index (Phi) is 4.00. The summed E-state index contributed by atoms with van der Waals surface area (Å²) in [5, 5.41) is 0. The summed E-state index contributed by atoms with van der Waals surface area (Å²) in [6, 6.07) is 17.2. The second kappa shape index (κ2) is 5.88. The van der Waals surface area contributed by atoms with Crippen LogP contribution in [0, 0.1) is 11.8 Å². The van der Waals surface area contributed by atoms with E-state index in [9.17, 15) is 4.79 Å².